The summed E-state index contributed by atoms with van der Waals surface area (Å²) in [6, 6.07) is 0.373. The summed E-state index contributed by atoms with van der Waals surface area (Å²) >= 11 is 0. The summed E-state index contributed by atoms with van der Waals surface area (Å²) in [5.41, 5.74) is 0. The van der Waals surface area contributed by atoms with E-state index in [1.165, 1.54) is 0 Å². The highest BCUT2D eigenvalue weighted by Gasteiger charge is 2.07. The van der Waals surface area contributed by atoms with E-state index in [1.807, 2.05) is 7.05 Å². The molecule has 0 aliphatic heterocycles. The molecule has 0 radical (unpaired) electrons. The van der Waals surface area contributed by atoms with Crippen LogP contribution in [0.5, 0.6) is 0 Å². The highest BCUT2D eigenvalue weighted by atomic mass is 16.1. The van der Waals surface area contributed by atoms with Gasteiger partial charge >= 0.3 is 0 Å². The van der Waals surface area contributed by atoms with Crippen LogP contribution in [0, 0.1) is 5.92 Å². The minimum Gasteiger partial charge on any atom is -0.346 e. The fourth-order valence-corrected chi connectivity index (χ4v) is 0.952. The first kappa shape index (κ1) is 9.47. The summed E-state index contributed by atoms with van der Waals surface area (Å²) < 4.78 is 0. The minimum absolute atomic E-state index is 0.373. The van der Waals surface area contributed by atoms with Crippen LogP contribution in [0.3, 0.4) is 0 Å². The van der Waals surface area contributed by atoms with Crippen molar-refractivity contribution in [3.63, 3.8) is 0 Å². The SMILES string of the molecule is CC(C)C[C@@H](C)N(C)C=O. The van der Waals surface area contributed by atoms with E-state index in [-0.39, 0.29) is 0 Å². The summed E-state index contributed by atoms with van der Waals surface area (Å²) in [7, 11) is 1.82. The predicted octanol–water partition coefficient (Wildman–Crippen LogP) is 1.51. The fraction of sp³-hybridized carbons (Fsp3) is 0.875. The molecule has 10 heavy (non-hydrogen) atoms. The van der Waals surface area contributed by atoms with Gasteiger partial charge in [-0.05, 0) is 19.3 Å². The molecule has 0 aromatic heterocycles. The molecule has 0 saturated heterocycles. The lowest BCUT2D eigenvalue weighted by Gasteiger charge is -2.21. The van der Waals surface area contributed by atoms with Crippen LogP contribution in [0.2, 0.25) is 0 Å². The fourth-order valence-electron chi connectivity index (χ4n) is 0.952. The molecule has 1 atom stereocenters. The monoisotopic (exact) mass is 143 g/mol. The van der Waals surface area contributed by atoms with Gasteiger partial charge in [0.1, 0.15) is 0 Å². The third-order valence-electron chi connectivity index (χ3n) is 1.67. The Bertz CT molecular complexity index is 101. The van der Waals surface area contributed by atoms with Crippen LogP contribution in [0.1, 0.15) is 27.2 Å². The van der Waals surface area contributed by atoms with Crippen LogP contribution in [-0.4, -0.2) is 24.4 Å². The van der Waals surface area contributed by atoms with E-state index in [9.17, 15) is 4.79 Å². The summed E-state index contributed by atoms with van der Waals surface area (Å²) in [5.74, 6) is 0.664. The molecule has 0 aliphatic rings. The molecule has 0 heterocycles. The lowest BCUT2D eigenvalue weighted by molar-refractivity contribution is -0.118. The first-order valence-electron chi connectivity index (χ1n) is 3.75. The molecule has 0 bridgehead atoms. The number of rotatable bonds is 4. The molecule has 0 spiro atoms. The normalized spacial score (nSPS) is 13.3. The molecular formula is C8H17NO. The van der Waals surface area contributed by atoms with Crippen molar-refractivity contribution < 1.29 is 4.79 Å². The van der Waals surface area contributed by atoms with Crippen molar-refractivity contribution in [1.29, 1.82) is 0 Å². The first-order valence-corrected chi connectivity index (χ1v) is 3.75. The molecule has 60 valence electrons. The van der Waals surface area contributed by atoms with Gasteiger partial charge in [-0.3, -0.25) is 4.79 Å². The van der Waals surface area contributed by atoms with Gasteiger partial charge < -0.3 is 4.90 Å². The van der Waals surface area contributed by atoms with Gasteiger partial charge in [0, 0.05) is 13.1 Å². The average Bonchev–Trinajstić information content (AvgIpc) is 1.85. The predicted molar refractivity (Wildman–Crippen MR) is 42.7 cm³/mol. The molecular weight excluding hydrogens is 126 g/mol. The van der Waals surface area contributed by atoms with E-state index in [4.69, 9.17) is 0 Å². The van der Waals surface area contributed by atoms with Crippen LogP contribution in [0.15, 0.2) is 0 Å². The zero-order valence-electron chi connectivity index (χ0n) is 7.29. The van der Waals surface area contributed by atoms with Crippen LogP contribution in [0.4, 0.5) is 0 Å². The van der Waals surface area contributed by atoms with Crippen molar-refractivity contribution >= 4 is 6.41 Å². The second kappa shape index (κ2) is 4.31. The maximum absolute atomic E-state index is 10.3. The summed E-state index contributed by atoms with van der Waals surface area (Å²) in [6.07, 6.45) is 1.96. The van der Waals surface area contributed by atoms with Gasteiger partial charge in [-0.25, -0.2) is 0 Å². The highest BCUT2D eigenvalue weighted by molar-refractivity contribution is 5.46. The first-order chi connectivity index (χ1) is 4.57. The Hall–Kier alpha value is -0.530. The average molecular weight is 143 g/mol. The zero-order chi connectivity index (χ0) is 8.15. The largest absolute Gasteiger partial charge is 0.346 e. The van der Waals surface area contributed by atoms with Crippen molar-refractivity contribution in [3.05, 3.63) is 0 Å². The van der Waals surface area contributed by atoms with E-state index in [0.29, 0.717) is 12.0 Å². The van der Waals surface area contributed by atoms with Crippen molar-refractivity contribution in [2.75, 3.05) is 7.05 Å². The summed E-state index contributed by atoms with van der Waals surface area (Å²) in [6.45, 7) is 6.39. The van der Waals surface area contributed by atoms with Crippen LogP contribution < -0.4 is 0 Å². The van der Waals surface area contributed by atoms with E-state index in [0.717, 1.165) is 12.8 Å². The van der Waals surface area contributed by atoms with Gasteiger partial charge in [-0.2, -0.15) is 0 Å². The third-order valence-corrected chi connectivity index (χ3v) is 1.67. The van der Waals surface area contributed by atoms with Gasteiger partial charge in [0.15, 0.2) is 0 Å². The molecule has 0 aromatic rings. The lowest BCUT2D eigenvalue weighted by Crippen LogP contribution is -2.28. The Morgan fingerprint density at radius 2 is 1.90 bits per heavy atom. The van der Waals surface area contributed by atoms with Gasteiger partial charge in [0.25, 0.3) is 0 Å². The molecule has 0 N–H and O–H groups in total. The Balaban J connectivity index is 3.60. The molecule has 0 aromatic carbocycles. The van der Waals surface area contributed by atoms with E-state index < -0.39 is 0 Å². The third kappa shape index (κ3) is 3.49. The number of carbonyl (C=O) groups is 1. The molecule has 2 heteroatoms. The number of nitrogens with zero attached hydrogens (tertiary/aromatic N) is 1. The smallest absolute Gasteiger partial charge is 0.209 e. The van der Waals surface area contributed by atoms with Crippen molar-refractivity contribution in [3.8, 4) is 0 Å². The second-order valence-electron chi connectivity index (χ2n) is 3.25. The Morgan fingerprint density at radius 3 is 2.20 bits per heavy atom. The second-order valence-corrected chi connectivity index (χ2v) is 3.25. The van der Waals surface area contributed by atoms with E-state index in [1.54, 1.807) is 4.90 Å². The van der Waals surface area contributed by atoms with Gasteiger partial charge in [-0.1, -0.05) is 13.8 Å². The van der Waals surface area contributed by atoms with Crippen LogP contribution in [0.25, 0.3) is 0 Å². The quantitative estimate of drug-likeness (QED) is 0.546. The number of carbonyl (C=O) groups excluding carboxylic acids is 1. The highest BCUT2D eigenvalue weighted by Crippen LogP contribution is 2.07. The zero-order valence-corrected chi connectivity index (χ0v) is 7.29. The molecule has 2 nitrogen and oxygen atoms in total. The number of hydrogen-bond acceptors (Lipinski definition) is 1. The molecule has 0 fully saturated rings. The minimum atomic E-state index is 0.373. The molecule has 0 unspecified atom stereocenters. The van der Waals surface area contributed by atoms with E-state index in [2.05, 4.69) is 20.8 Å². The maximum Gasteiger partial charge on any atom is 0.209 e. The molecule has 1 amide bonds. The van der Waals surface area contributed by atoms with Crippen LogP contribution >= 0.6 is 0 Å². The maximum atomic E-state index is 10.3. The van der Waals surface area contributed by atoms with Crippen molar-refractivity contribution in [1.82, 2.24) is 4.90 Å². The van der Waals surface area contributed by atoms with Crippen molar-refractivity contribution in [2.45, 2.75) is 33.2 Å². The topological polar surface area (TPSA) is 20.3 Å². The van der Waals surface area contributed by atoms with Gasteiger partial charge in [0.2, 0.25) is 6.41 Å². The number of hydrogen-bond donors (Lipinski definition) is 0. The standard InChI is InChI=1S/C8H17NO/c1-7(2)5-8(3)9(4)6-10/h6-8H,5H2,1-4H3/t8-/m1/s1. The summed E-state index contributed by atoms with van der Waals surface area (Å²) in [5, 5.41) is 0. The van der Waals surface area contributed by atoms with E-state index >= 15 is 0 Å². The summed E-state index contributed by atoms with van der Waals surface area (Å²) in [4.78, 5) is 12.0. The Kier molecular flexibility index (Phi) is 4.08. The van der Waals surface area contributed by atoms with Crippen molar-refractivity contribution in [2.24, 2.45) is 5.92 Å². The molecule has 0 rings (SSSR count). The molecule has 0 aliphatic carbocycles. The van der Waals surface area contributed by atoms with Gasteiger partial charge in [0.05, 0.1) is 0 Å². The van der Waals surface area contributed by atoms with Gasteiger partial charge in [-0.15, -0.1) is 0 Å². The van der Waals surface area contributed by atoms with Crippen LogP contribution in [-0.2, 0) is 4.79 Å². The Labute approximate surface area is 63.2 Å². The lowest BCUT2D eigenvalue weighted by atomic mass is 10.1. The molecule has 0 saturated carbocycles. The Morgan fingerprint density at radius 1 is 1.40 bits per heavy atom. The number of amides is 1.